The van der Waals surface area contributed by atoms with Crippen LogP contribution < -0.4 is 4.72 Å². The van der Waals surface area contributed by atoms with Crippen molar-refractivity contribution in [2.24, 2.45) is 5.41 Å². The number of rotatable bonds is 7. The fourth-order valence-corrected chi connectivity index (χ4v) is 4.30. The van der Waals surface area contributed by atoms with Crippen LogP contribution in [0, 0.1) is 16.7 Å². The summed E-state index contributed by atoms with van der Waals surface area (Å²) in [6.45, 7) is 1.79. The number of nitrogens with zero attached hydrogens (tertiary/aromatic N) is 1. The number of aliphatic carboxylic acids is 1. The molecule has 1 rings (SSSR count). The Morgan fingerprint density at radius 1 is 1.47 bits per heavy atom. The Labute approximate surface area is 113 Å². The van der Waals surface area contributed by atoms with Gasteiger partial charge in [-0.3, -0.25) is 4.79 Å². The van der Waals surface area contributed by atoms with Gasteiger partial charge in [-0.05, 0) is 19.3 Å². The third kappa shape index (κ3) is 4.48. The first-order valence-electron chi connectivity index (χ1n) is 6.48. The zero-order chi connectivity index (χ0) is 14.5. The molecule has 1 aliphatic rings. The van der Waals surface area contributed by atoms with Gasteiger partial charge in [0, 0.05) is 0 Å². The van der Waals surface area contributed by atoms with Gasteiger partial charge in [0.1, 0.15) is 6.04 Å². The molecule has 0 saturated heterocycles. The highest BCUT2D eigenvalue weighted by Gasteiger charge is 2.39. The Bertz CT molecular complexity index is 461. The van der Waals surface area contributed by atoms with Gasteiger partial charge in [0.2, 0.25) is 10.0 Å². The highest BCUT2D eigenvalue weighted by atomic mass is 32.2. The van der Waals surface area contributed by atoms with Gasteiger partial charge in [0.05, 0.1) is 17.2 Å². The lowest BCUT2D eigenvalue weighted by molar-refractivity contribution is -0.139. The summed E-state index contributed by atoms with van der Waals surface area (Å²) < 4.78 is 26.2. The van der Waals surface area contributed by atoms with Gasteiger partial charge < -0.3 is 5.11 Å². The normalized spacial score (nSPS) is 19.8. The fraction of sp³-hybridized carbons (Fsp3) is 0.833. The second-order valence-electron chi connectivity index (χ2n) is 5.16. The molecule has 0 bridgehead atoms. The van der Waals surface area contributed by atoms with Crippen LogP contribution in [0.25, 0.3) is 0 Å². The van der Waals surface area contributed by atoms with E-state index in [9.17, 15) is 13.2 Å². The lowest BCUT2D eigenvalue weighted by Gasteiger charge is -2.21. The van der Waals surface area contributed by atoms with Crippen LogP contribution >= 0.6 is 0 Å². The van der Waals surface area contributed by atoms with Crippen molar-refractivity contribution in [2.75, 3.05) is 5.75 Å². The van der Waals surface area contributed by atoms with Gasteiger partial charge in [0.25, 0.3) is 0 Å². The Kier molecular flexibility index (Phi) is 5.32. The quantitative estimate of drug-likeness (QED) is 0.733. The van der Waals surface area contributed by atoms with Crippen molar-refractivity contribution < 1.29 is 18.3 Å². The molecular weight excluding hydrogens is 268 g/mol. The Morgan fingerprint density at radius 3 is 2.47 bits per heavy atom. The third-order valence-electron chi connectivity index (χ3n) is 3.46. The maximum Gasteiger partial charge on any atom is 0.321 e. The summed E-state index contributed by atoms with van der Waals surface area (Å²) in [4.78, 5) is 11.0. The highest BCUT2D eigenvalue weighted by molar-refractivity contribution is 7.89. The van der Waals surface area contributed by atoms with Gasteiger partial charge in [-0.25, -0.2) is 13.1 Å². The van der Waals surface area contributed by atoms with E-state index in [1.807, 2.05) is 0 Å². The Morgan fingerprint density at radius 2 is 2.05 bits per heavy atom. The van der Waals surface area contributed by atoms with Crippen LogP contribution in [-0.2, 0) is 14.8 Å². The van der Waals surface area contributed by atoms with Crippen LogP contribution in [-0.4, -0.2) is 31.3 Å². The minimum atomic E-state index is -3.76. The monoisotopic (exact) mass is 288 g/mol. The van der Waals surface area contributed by atoms with E-state index < -0.39 is 27.4 Å². The van der Waals surface area contributed by atoms with E-state index in [0.717, 1.165) is 12.8 Å². The molecule has 0 spiro atoms. The van der Waals surface area contributed by atoms with Gasteiger partial charge in [-0.15, -0.1) is 0 Å². The Hall–Kier alpha value is -1.13. The van der Waals surface area contributed by atoms with Crippen LogP contribution in [0.4, 0.5) is 0 Å². The predicted octanol–water partition coefficient (Wildman–Crippen LogP) is 1.24. The summed E-state index contributed by atoms with van der Waals surface area (Å²) in [5.41, 5.74) is -0.846. The van der Waals surface area contributed by atoms with Crippen molar-refractivity contribution in [3.05, 3.63) is 0 Å². The van der Waals surface area contributed by atoms with Crippen LogP contribution in [0.3, 0.4) is 0 Å². The molecule has 7 heteroatoms. The predicted molar refractivity (Wildman–Crippen MR) is 69.8 cm³/mol. The molecule has 2 N–H and O–H groups in total. The largest absolute Gasteiger partial charge is 0.480 e. The number of nitriles is 1. The molecule has 0 radical (unpaired) electrons. The Balaban J connectivity index is 2.75. The minimum absolute atomic E-state index is 0.244. The highest BCUT2D eigenvalue weighted by Crippen LogP contribution is 2.38. The van der Waals surface area contributed by atoms with E-state index in [-0.39, 0.29) is 12.2 Å². The number of hydrogen-bond acceptors (Lipinski definition) is 4. The molecule has 108 valence electrons. The smallest absolute Gasteiger partial charge is 0.321 e. The summed E-state index contributed by atoms with van der Waals surface area (Å²) in [5, 5.41) is 18.1. The average Bonchev–Trinajstić information content (AvgIpc) is 2.76. The van der Waals surface area contributed by atoms with E-state index in [1.165, 1.54) is 0 Å². The zero-order valence-corrected chi connectivity index (χ0v) is 11.9. The van der Waals surface area contributed by atoms with Crippen LogP contribution in [0.2, 0.25) is 0 Å². The SMILES string of the molecule is CCCC(NS(=O)(=O)CC1(C#N)CCCC1)C(=O)O. The molecule has 6 nitrogen and oxygen atoms in total. The molecule has 0 aromatic rings. The van der Waals surface area contributed by atoms with Gasteiger partial charge in [0.15, 0.2) is 0 Å². The molecule has 1 fully saturated rings. The number of carbonyl (C=O) groups is 1. The van der Waals surface area contributed by atoms with E-state index >= 15 is 0 Å². The summed E-state index contributed by atoms with van der Waals surface area (Å²) in [7, 11) is -3.76. The molecule has 0 aromatic carbocycles. The maximum atomic E-state index is 12.0. The van der Waals surface area contributed by atoms with Crippen LogP contribution in [0.15, 0.2) is 0 Å². The lowest BCUT2D eigenvalue weighted by Crippen LogP contribution is -2.44. The van der Waals surface area contributed by atoms with Crippen LogP contribution in [0.5, 0.6) is 0 Å². The molecule has 19 heavy (non-hydrogen) atoms. The topological polar surface area (TPSA) is 107 Å². The minimum Gasteiger partial charge on any atom is -0.480 e. The fourth-order valence-electron chi connectivity index (χ4n) is 2.48. The molecule has 1 aliphatic carbocycles. The first kappa shape index (κ1) is 15.9. The average molecular weight is 288 g/mol. The van der Waals surface area contributed by atoms with Gasteiger partial charge >= 0.3 is 5.97 Å². The lowest BCUT2D eigenvalue weighted by atomic mass is 9.91. The van der Waals surface area contributed by atoms with Crippen molar-refractivity contribution in [2.45, 2.75) is 51.5 Å². The standard InChI is InChI=1S/C12H20N2O4S/c1-2-5-10(11(15)16)14-19(17,18)9-12(8-13)6-3-4-7-12/h10,14H,2-7,9H2,1H3,(H,15,16). The molecule has 0 heterocycles. The summed E-state index contributed by atoms with van der Waals surface area (Å²) in [5.74, 6) is -1.48. The van der Waals surface area contributed by atoms with E-state index in [2.05, 4.69) is 10.8 Å². The number of carboxylic acid groups (broad SMARTS) is 1. The van der Waals surface area contributed by atoms with Crippen molar-refractivity contribution in [3.8, 4) is 6.07 Å². The van der Waals surface area contributed by atoms with Gasteiger partial charge in [-0.2, -0.15) is 5.26 Å². The van der Waals surface area contributed by atoms with Crippen molar-refractivity contribution in [3.63, 3.8) is 0 Å². The van der Waals surface area contributed by atoms with Gasteiger partial charge in [-0.1, -0.05) is 26.2 Å². The van der Waals surface area contributed by atoms with Crippen molar-refractivity contribution in [1.82, 2.24) is 4.72 Å². The second-order valence-corrected chi connectivity index (χ2v) is 6.91. The van der Waals surface area contributed by atoms with Crippen molar-refractivity contribution in [1.29, 1.82) is 5.26 Å². The first-order chi connectivity index (χ1) is 8.84. The van der Waals surface area contributed by atoms with Crippen LogP contribution in [0.1, 0.15) is 45.4 Å². The first-order valence-corrected chi connectivity index (χ1v) is 8.13. The molecule has 0 aliphatic heterocycles. The third-order valence-corrected chi connectivity index (χ3v) is 5.04. The van der Waals surface area contributed by atoms with Crippen molar-refractivity contribution >= 4 is 16.0 Å². The van der Waals surface area contributed by atoms with E-state index in [1.54, 1.807) is 6.92 Å². The zero-order valence-electron chi connectivity index (χ0n) is 11.1. The number of nitrogens with one attached hydrogen (secondary N) is 1. The molecule has 0 amide bonds. The molecular formula is C12H20N2O4S. The molecule has 1 saturated carbocycles. The molecule has 0 aromatic heterocycles. The van der Waals surface area contributed by atoms with E-state index in [0.29, 0.717) is 19.3 Å². The van der Waals surface area contributed by atoms with E-state index in [4.69, 9.17) is 10.4 Å². The summed E-state index contributed by atoms with van der Waals surface area (Å²) in [6.07, 6.45) is 3.64. The molecule has 1 unspecified atom stereocenters. The number of sulfonamides is 1. The maximum absolute atomic E-state index is 12.0. The second kappa shape index (κ2) is 6.35. The summed E-state index contributed by atoms with van der Waals surface area (Å²) >= 11 is 0. The summed E-state index contributed by atoms with van der Waals surface area (Å²) in [6, 6.07) is 0.997. The number of carboxylic acids is 1. The molecule has 1 atom stereocenters. The number of hydrogen-bond donors (Lipinski definition) is 2.